The molecule has 5 rings (SSSR count). The molecule has 2 heterocycles. The molecule has 0 unspecified atom stereocenters. The molecular weight excluding hydrogens is 488 g/mol. The maximum absolute atomic E-state index is 13.1. The molecule has 0 aliphatic carbocycles. The van der Waals surface area contributed by atoms with E-state index in [-0.39, 0.29) is 10.8 Å². The number of carbonyl (C=O) groups is 1. The normalized spacial score (nSPS) is 14.5. The molecule has 190 valence electrons. The van der Waals surface area contributed by atoms with E-state index in [9.17, 15) is 13.2 Å². The van der Waals surface area contributed by atoms with Crippen LogP contribution in [0.1, 0.15) is 15.9 Å². The van der Waals surface area contributed by atoms with E-state index >= 15 is 0 Å². The number of benzene rings is 3. The van der Waals surface area contributed by atoms with Gasteiger partial charge in [0.25, 0.3) is 15.9 Å². The maximum atomic E-state index is 13.1. The summed E-state index contributed by atoms with van der Waals surface area (Å²) < 4.78 is 34.0. The summed E-state index contributed by atoms with van der Waals surface area (Å²) in [6.45, 7) is 3.62. The van der Waals surface area contributed by atoms with Crippen molar-refractivity contribution >= 4 is 32.5 Å². The van der Waals surface area contributed by atoms with E-state index < -0.39 is 10.0 Å². The Labute approximate surface area is 216 Å². The molecule has 9 heteroatoms. The Balaban J connectivity index is 1.20. The van der Waals surface area contributed by atoms with E-state index in [0.717, 1.165) is 30.8 Å². The molecule has 1 saturated heterocycles. The van der Waals surface area contributed by atoms with Gasteiger partial charge in [0.2, 0.25) is 0 Å². The highest BCUT2D eigenvalue weighted by Crippen LogP contribution is 2.24. The van der Waals surface area contributed by atoms with Gasteiger partial charge in [-0.3, -0.25) is 19.4 Å². The molecule has 0 spiro atoms. The number of aromatic nitrogens is 1. The van der Waals surface area contributed by atoms with Crippen molar-refractivity contribution in [3.63, 3.8) is 0 Å². The van der Waals surface area contributed by atoms with E-state index in [1.165, 1.54) is 11.6 Å². The van der Waals surface area contributed by atoms with E-state index in [1.807, 2.05) is 35.2 Å². The highest BCUT2D eigenvalue weighted by atomic mass is 32.2. The second-order valence-corrected chi connectivity index (χ2v) is 10.6. The van der Waals surface area contributed by atoms with Gasteiger partial charge >= 0.3 is 0 Å². The Morgan fingerprint density at radius 3 is 2.43 bits per heavy atom. The fourth-order valence-electron chi connectivity index (χ4n) is 4.50. The summed E-state index contributed by atoms with van der Waals surface area (Å²) in [6, 6.07) is 23.2. The molecule has 1 aliphatic heterocycles. The van der Waals surface area contributed by atoms with E-state index in [4.69, 9.17) is 4.74 Å². The zero-order valence-corrected chi connectivity index (χ0v) is 21.3. The van der Waals surface area contributed by atoms with Gasteiger partial charge in [-0.2, -0.15) is 0 Å². The van der Waals surface area contributed by atoms with Crippen LogP contribution in [0.25, 0.3) is 10.9 Å². The second kappa shape index (κ2) is 10.6. The Morgan fingerprint density at radius 1 is 0.946 bits per heavy atom. The molecule has 8 nitrogen and oxygen atoms in total. The fraction of sp³-hybridized carbons (Fsp3) is 0.214. The van der Waals surface area contributed by atoms with Crippen LogP contribution in [0.15, 0.2) is 90.0 Å². The van der Waals surface area contributed by atoms with Gasteiger partial charge in [-0.1, -0.05) is 30.3 Å². The zero-order valence-electron chi connectivity index (χ0n) is 20.5. The predicted octanol–water partition coefficient (Wildman–Crippen LogP) is 4.00. The minimum absolute atomic E-state index is 0.0614. The van der Waals surface area contributed by atoms with Gasteiger partial charge in [-0.25, -0.2) is 8.42 Å². The van der Waals surface area contributed by atoms with Crippen molar-refractivity contribution in [1.29, 1.82) is 0 Å². The van der Waals surface area contributed by atoms with E-state index in [2.05, 4.69) is 20.7 Å². The van der Waals surface area contributed by atoms with Crippen LogP contribution in [0.3, 0.4) is 0 Å². The van der Waals surface area contributed by atoms with Crippen LogP contribution >= 0.6 is 0 Å². The number of anilines is 1. The first kappa shape index (κ1) is 24.7. The minimum Gasteiger partial charge on any atom is -0.497 e. The molecule has 1 aliphatic rings. The van der Waals surface area contributed by atoms with Crippen LogP contribution < -0.4 is 9.46 Å². The summed E-state index contributed by atoms with van der Waals surface area (Å²) in [7, 11) is -2.19. The number of amides is 1. The van der Waals surface area contributed by atoms with Crippen molar-refractivity contribution < 1.29 is 17.9 Å². The monoisotopic (exact) mass is 516 g/mol. The van der Waals surface area contributed by atoms with Gasteiger partial charge in [0, 0.05) is 55.6 Å². The van der Waals surface area contributed by atoms with Crippen molar-refractivity contribution in [2.75, 3.05) is 38.0 Å². The Morgan fingerprint density at radius 2 is 1.68 bits per heavy atom. The number of nitrogens with zero attached hydrogens (tertiary/aromatic N) is 3. The highest BCUT2D eigenvalue weighted by molar-refractivity contribution is 7.93. The van der Waals surface area contributed by atoms with Gasteiger partial charge in [-0.15, -0.1) is 0 Å². The maximum Gasteiger partial charge on any atom is 0.264 e. The van der Waals surface area contributed by atoms with Gasteiger partial charge in [0.1, 0.15) is 10.6 Å². The molecule has 37 heavy (non-hydrogen) atoms. The summed E-state index contributed by atoms with van der Waals surface area (Å²) in [6.07, 6.45) is 1.57. The molecule has 0 bridgehead atoms. The summed E-state index contributed by atoms with van der Waals surface area (Å²) >= 11 is 0. The predicted molar refractivity (Wildman–Crippen MR) is 143 cm³/mol. The second-order valence-electron chi connectivity index (χ2n) is 8.93. The highest BCUT2D eigenvalue weighted by Gasteiger charge is 2.23. The summed E-state index contributed by atoms with van der Waals surface area (Å²) in [5, 5.41) is 0.745. The standard InChI is InChI=1S/C28H28N4O4S/c1-36-25-8-2-5-21(19-25)20-31-15-17-32(18-16-31)28(33)23-10-12-24(13-11-23)30-37(34,35)26-9-3-6-22-7-4-14-29-27(22)26/h2-14,19,30H,15-18,20H2,1H3. The smallest absolute Gasteiger partial charge is 0.264 e. The lowest BCUT2D eigenvalue weighted by Gasteiger charge is -2.34. The molecule has 0 atom stereocenters. The molecule has 3 aromatic carbocycles. The van der Waals surface area contributed by atoms with Crippen LogP contribution in [0, 0.1) is 0 Å². The Kier molecular flexibility index (Phi) is 7.07. The van der Waals surface area contributed by atoms with Crippen LogP contribution in [-0.2, 0) is 16.6 Å². The first-order chi connectivity index (χ1) is 17.9. The minimum atomic E-state index is -3.85. The number of para-hydroxylation sites is 1. The number of hydrogen-bond donors (Lipinski definition) is 1. The number of fused-ring (bicyclic) bond motifs is 1. The number of piperazine rings is 1. The number of hydrogen-bond acceptors (Lipinski definition) is 6. The number of carbonyl (C=O) groups excluding carboxylic acids is 1. The Hall–Kier alpha value is -3.95. The average molecular weight is 517 g/mol. The molecule has 1 N–H and O–H groups in total. The topological polar surface area (TPSA) is 91.8 Å². The third-order valence-corrected chi connectivity index (χ3v) is 7.88. The molecule has 0 radical (unpaired) electrons. The number of rotatable bonds is 7. The van der Waals surface area contributed by atoms with E-state index in [0.29, 0.717) is 29.9 Å². The van der Waals surface area contributed by atoms with Gasteiger partial charge in [0.15, 0.2) is 0 Å². The fourth-order valence-corrected chi connectivity index (χ4v) is 5.74. The van der Waals surface area contributed by atoms with Gasteiger partial charge in [-0.05, 0) is 54.1 Å². The van der Waals surface area contributed by atoms with Crippen molar-refractivity contribution in [2.24, 2.45) is 0 Å². The number of pyridine rings is 1. The van der Waals surface area contributed by atoms with Crippen LogP contribution in [0.2, 0.25) is 0 Å². The zero-order chi connectivity index (χ0) is 25.8. The van der Waals surface area contributed by atoms with Gasteiger partial charge in [0.05, 0.1) is 12.6 Å². The van der Waals surface area contributed by atoms with E-state index in [1.54, 1.807) is 49.7 Å². The summed E-state index contributed by atoms with van der Waals surface area (Å²) in [5.74, 6) is 0.777. The summed E-state index contributed by atoms with van der Waals surface area (Å²) in [5.41, 5.74) is 2.50. The first-order valence-electron chi connectivity index (χ1n) is 12.0. The van der Waals surface area contributed by atoms with Crippen molar-refractivity contribution in [1.82, 2.24) is 14.8 Å². The lowest BCUT2D eigenvalue weighted by molar-refractivity contribution is 0.0628. The van der Waals surface area contributed by atoms with Gasteiger partial charge < -0.3 is 9.64 Å². The molecule has 1 amide bonds. The number of methoxy groups -OCH3 is 1. The lowest BCUT2D eigenvalue weighted by Crippen LogP contribution is -2.48. The Bertz CT molecular complexity index is 1510. The molecule has 1 fully saturated rings. The number of ether oxygens (including phenoxy) is 1. The van der Waals surface area contributed by atoms with Crippen molar-refractivity contribution in [3.05, 3.63) is 96.2 Å². The van der Waals surface area contributed by atoms with Crippen LogP contribution in [0.4, 0.5) is 5.69 Å². The van der Waals surface area contributed by atoms with Crippen molar-refractivity contribution in [3.8, 4) is 5.75 Å². The molecule has 0 saturated carbocycles. The van der Waals surface area contributed by atoms with Crippen LogP contribution in [-0.4, -0.2) is 62.4 Å². The summed E-state index contributed by atoms with van der Waals surface area (Å²) in [4.78, 5) is 21.6. The number of nitrogens with one attached hydrogen (secondary N) is 1. The third kappa shape index (κ3) is 5.58. The van der Waals surface area contributed by atoms with Crippen LogP contribution in [0.5, 0.6) is 5.75 Å². The average Bonchev–Trinajstić information content (AvgIpc) is 2.93. The largest absolute Gasteiger partial charge is 0.497 e. The lowest BCUT2D eigenvalue weighted by atomic mass is 10.1. The third-order valence-electron chi connectivity index (χ3n) is 6.47. The first-order valence-corrected chi connectivity index (χ1v) is 13.5. The molecule has 4 aromatic rings. The molecule has 1 aromatic heterocycles. The quantitative estimate of drug-likeness (QED) is 0.399. The SMILES string of the molecule is COc1cccc(CN2CCN(C(=O)c3ccc(NS(=O)(=O)c4cccc5cccnc45)cc3)CC2)c1. The number of sulfonamides is 1. The van der Waals surface area contributed by atoms with Crippen molar-refractivity contribution in [2.45, 2.75) is 11.4 Å². The molecular formula is C28H28N4O4S.